The molecule has 6 nitrogen and oxygen atoms in total. The summed E-state index contributed by atoms with van der Waals surface area (Å²) in [5.74, 6) is -0.732. The third-order valence-corrected chi connectivity index (χ3v) is 4.06. The van der Waals surface area contributed by atoms with Gasteiger partial charge in [0.25, 0.3) is 0 Å². The summed E-state index contributed by atoms with van der Waals surface area (Å²) in [6.45, 7) is 5.63. The molecule has 1 aliphatic heterocycles. The maximum atomic E-state index is 11.4. The third-order valence-electron chi connectivity index (χ3n) is 4.06. The van der Waals surface area contributed by atoms with Crippen LogP contribution in [-0.2, 0) is 11.3 Å². The van der Waals surface area contributed by atoms with E-state index in [1.54, 1.807) is 0 Å². The molecule has 1 aliphatic rings. The maximum Gasteiger partial charge on any atom is 0.320 e. The minimum atomic E-state index is -0.732. The number of imidazole rings is 1. The molecule has 0 aliphatic carbocycles. The summed E-state index contributed by atoms with van der Waals surface area (Å²) in [5.41, 5.74) is 1.07. The zero-order chi connectivity index (χ0) is 14.9. The van der Waals surface area contributed by atoms with Crippen LogP contribution in [0.5, 0.6) is 0 Å². The number of hydrogen-bond acceptors (Lipinski definition) is 4. The van der Waals surface area contributed by atoms with Crippen LogP contribution < -0.4 is 0 Å². The summed E-state index contributed by atoms with van der Waals surface area (Å²) in [5, 5.41) is 9.41. The predicted molar refractivity (Wildman–Crippen MR) is 76.5 cm³/mol. The fourth-order valence-corrected chi connectivity index (χ4v) is 2.81. The van der Waals surface area contributed by atoms with Crippen molar-refractivity contribution in [2.24, 2.45) is 0 Å². The lowest BCUT2D eigenvalue weighted by molar-refractivity contribution is -0.142. The number of carboxylic acid groups (broad SMARTS) is 1. The van der Waals surface area contributed by atoms with Gasteiger partial charge >= 0.3 is 5.97 Å². The van der Waals surface area contributed by atoms with E-state index in [4.69, 9.17) is 0 Å². The number of likely N-dealkylation sites (N-methyl/N-ethyl adjacent to an activating group) is 1. The molecule has 1 fully saturated rings. The number of aliphatic carboxylic acids is 1. The third kappa shape index (κ3) is 3.02. The van der Waals surface area contributed by atoms with Gasteiger partial charge in [0.05, 0.1) is 12.0 Å². The lowest BCUT2D eigenvalue weighted by Crippen LogP contribution is -2.36. The number of nitrogens with zero attached hydrogens (tertiary/aromatic N) is 4. The van der Waals surface area contributed by atoms with Crippen molar-refractivity contribution in [3.63, 3.8) is 0 Å². The first-order valence-corrected chi connectivity index (χ1v) is 7.04. The molecule has 112 valence electrons. The van der Waals surface area contributed by atoms with Gasteiger partial charge in [0, 0.05) is 31.4 Å². The lowest BCUT2D eigenvalue weighted by Gasteiger charge is -2.23. The Kier molecular flexibility index (Phi) is 4.45. The van der Waals surface area contributed by atoms with E-state index in [2.05, 4.69) is 28.3 Å². The summed E-state index contributed by atoms with van der Waals surface area (Å²) >= 11 is 0. The quantitative estimate of drug-likeness (QED) is 0.873. The summed E-state index contributed by atoms with van der Waals surface area (Å²) in [6.07, 6.45) is 4.33. The highest BCUT2D eigenvalue weighted by atomic mass is 16.4. The molecule has 0 aromatic carbocycles. The Balaban J connectivity index is 2.14. The second-order valence-electron chi connectivity index (χ2n) is 6.02. The van der Waals surface area contributed by atoms with Crippen molar-refractivity contribution in [1.82, 2.24) is 19.4 Å². The van der Waals surface area contributed by atoms with E-state index in [-0.39, 0.29) is 0 Å². The average molecular weight is 280 g/mol. The fourth-order valence-electron chi connectivity index (χ4n) is 2.81. The van der Waals surface area contributed by atoms with Crippen LogP contribution in [0, 0.1) is 0 Å². The summed E-state index contributed by atoms with van der Waals surface area (Å²) in [6, 6.07) is 0.229. The standard InChI is InChI=1S/C14H24N4O2/c1-10(2)18-9-15-6-12(18)8-17-7-11(16(3)4)5-13(17)14(19)20/h6,9-11,13H,5,7-8H2,1-4H3,(H,19,20)/t11-,13+/m1/s1. The highest BCUT2D eigenvalue weighted by Gasteiger charge is 2.37. The second kappa shape index (κ2) is 5.93. The van der Waals surface area contributed by atoms with E-state index in [0.29, 0.717) is 25.0 Å². The first kappa shape index (κ1) is 15.0. The largest absolute Gasteiger partial charge is 0.480 e. The molecule has 1 N–H and O–H groups in total. The maximum absolute atomic E-state index is 11.4. The minimum absolute atomic E-state index is 0.298. The number of carboxylic acids is 1. The summed E-state index contributed by atoms with van der Waals surface area (Å²) in [4.78, 5) is 19.8. The Labute approximate surface area is 120 Å². The number of aromatic nitrogens is 2. The molecule has 1 saturated heterocycles. The van der Waals surface area contributed by atoms with Gasteiger partial charge in [0.1, 0.15) is 6.04 Å². The van der Waals surface area contributed by atoms with E-state index in [1.807, 2.05) is 31.5 Å². The van der Waals surface area contributed by atoms with E-state index >= 15 is 0 Å². The highest BCUT2D eigenvalue weighted by Crippen LogP contribution is 2.24. The average Bonchev–Trinajstić information content (AvgIpc) is 2.95. The Morgan fingerprint density at radius 2 is 2.25 bits per heavy atom. The van der Waals surface area contributed by atoms with E-state index in [0.717, 1.165) is 12.2 Å². The summed E-state index contributed by atoms with van der Waals surface area (Å²) in [7, 11) is 4.01. The first-order valence-electron chi connectivity index (χ1n) is 7.04. The van der Waals surface area contributed by atoms with Gasteiger partial charge < -0.3 is 14.6 Å². The molecule has 0 unspecified atom stereocenters. The normalized spacial score (nSPS) is 23.9. The number of likely N-dealkylation sites (tertiary alicyclic amines) is 1. The topological polar surface area (TPSA) is 61.6 Å². The van der Waals surface area contributed by atoms with Crippen molar-refractivity contribution in [3.05, 3.63) is 18.2 Å². The van der Waals surface area contributed by atoms with E-state index < -0.39 is 12.0 Å². The molecule has 2 atom stereocenters. The molecule has 1 aromatic heterocycles. The van der Waals surface area contributed by atoms with Crippen molar-refractivity contribution in [2.45, 2.75) is 44.9 Å². The van der Waals surface area contributed by atoms with Crippen molar-refractivity contribution in [3.8, 4) is 0 Å². The Morgan fingerprint density at radius 3 is 2.80 bits per heavy atom. The van der Waals surface area contributed by atoms with Gasteiger partial charge in [0.2, 0.25) is 0 Å². The SMILES string of the molecule is CC(C)n1cncc1CN1C[C@H](N(C)C)C[C@H]1C(=O)O. The van der Waals surface area contributed by atoms with Crippen LogP contribution in [0.25, 0.3) is 0 Å². The molecule has 0 saturated carbocycles. The molecular formula is C14H24N4O2. The van der Waals surface area contributed by atoms with Gasteiger partial charge in [-0.1, -0.05) is 0 Å². The van der Waals surface area contributed by atoms with E-state index in [9.17, 15) is 9.90 Å². The van der Waals surface area contributed by atoms with Crippen molar-refractivity contribution in [1.29, 1.82) is 0 Å². The van der Waals surface area contributed by atoms with Crippen molar-refractivity contribution in [2.75, 3.05) is 20.6 Å². The van der Waals surface area contributed by atoms with Gasteiger partial charge in [-0.05, 0) is 34.4 Å². The molecule has 2 rings (SSSR count). The molecular weight excluding hydrogens is 256 g/mol. The van der Waals surface area contributed by atoms with Crippen LogP contribution in [0.2, 0.25) is 0 Å². The number of rotatable bonds is 5. The first-order chi connectivity index (χ1) is 9.40. The van der Waals surface area contributed by atoms with E-state index in [1.165, 1.54) is 0 Å². The molecule has 6 heteroatoms. The zero-order valence-corrected chi connectivity index (χ0v) is 12.7. The van der Waals surface area contributed by atoms with Crippen molar-refractivity contribution >= 4 is 5.97 Å². The Morgan fingerprint density at radius 1 is 1.55 bits per heavy atom. The van der Waals surface area contributed by atoms with Gasteiger partial charge in [-0.3, -0.25) is 9.69 Å². The fraction of sp³-hybridized carbons (Fsp3) is 0.714. The monoisotopic (exact) mass is 280 g/mol. The molecule has 0 spiro atoms. The van der Waals surface area contributed by atoms with Gasteiger partial charge in [-0.2, -0.15) is 0 Å². The van der Waals surface area contributed by atoms with Crippen LogP contribution in [0.4, 0.5) is 0 Å². The van der Waals surface area contributed by atoms with Crippen molar-refractivity contribution < 1.29 is 9.90 Å². The van der Waals surface area contributed by atoms with Gasteiger partial charge in [-0.15, -0.1) is 0 Å². The Bertz CT molecular complexity index is 469. The van der Waals surface area contributed by atoms with Crippen LogP contribution in [0.1, 0.15) is 32.0 Å². The molecule has 0 bridgehead atoms. The smallest absolute Gasteiger partial charge is 0.320 e. The lowest BCUT2D eigenvalue weighted by atomic mass is 10.1. The van der Waals surface area contributed by atoms with Crippen LogP contribution in [0.3, 0.4) is 0 Å². The van der Waals surface area contributed by atoms with Gasteiger partial charge in [-0.25, -0.2) is 4.98 Å². The molecule has 0 radical (unpaired) electrons. The summed E-state index contributed by atoms with van der Waals surface area (Å²) < 4.78 is 2.10. The predicted octanol–water partition coefficient (Wildman–Crippen LogP) is 1.05. The minimum Gasteiger partial charge on any atom is -0.480 e. The van der Waals surface area contributed by atoms with Crippen LogP contribution in [-0.4, -0.2) is 63.2 Å². The molecule has 2 heterocycles. The number of carbonyl (C=O) groups is 1. The van der Waals surface area contributed by atoms with Crippen LogP contribution in [0.15, 0.2) is 12.5 Å². The molecule has 0 amide bonds. The second-order valence-corrected chi connectivity index (χ2v) is 6.02. The molecule has 1 aromatic rings. The highest BCUT2D eigenvalue weighted by molar-refractivity contribution is 5.74. The van der Waals surface area contributed by atoms with Crippen LogP contribution >= 0.6 is 0 Å². The number of hydrogen-bond donors (Lipinski definition) is 1. The Hall–Kier alpha value is -1.40. The molecule has 20 heavy (non-hydrogen) atoms. The van der Waals surface area contributed by atoms with Gasteiger partial charge in [0.15, 0.2) is 0 Å². The zero-order valence-electron chi connectivity index (χ0n) is 12.7.